The third kappa shape index (κ3) is 5.76. The van der Waals surface area contributed by atoms with Crippen LogP contribution in [0.5, 0.6) is 0 Å². The van der Waals surface area contributed by atoms with Crippen molar-refractivity contribution in [2.24, 2.45) is 5.92 Å². The molecule has 0 aliphatic heterocycles. The molecule has 0 spiro atoms. The molecular formula is C29H31F3N2O4. The van der Waals surface area contributed by atoms with Crippen molar-refractivity contribution < 1.29 is 27.9 Å². The van der Waals surface area contributed by atoms with Crippen molar-refractivity contribution in [3.63, 3.8) is 0 Å². The number of carboxylic acid groups (broad SMARTS) is 1. The van der Waals surface area contributed by atoms with E-state index in [1.54, 1.807) is 49.4 Å². The van der Waals surface area contributed by atoms with Crippen LogP contribution in [0.4, 0.5) is 13.2 Å². The van der Waals surface area contributed by atoms with Crippen molar-refractivity contribution in [3.8, 4) is 11.1 Å². The molecule has 2 aromatic carbocycles. The summed E-state index contributed by atoms with van der Waals surface area (Å²) in [5.41, 5.74) is -0.503. The SMILES string of the molecule is CCCc1c(C(F)(F)F)n(C(=O)CC2CCCCC2)c(=O)n1Cc1ccc(-c2ccccc2C(=O)O)cc1. The van der Waals surface area contributed by atoms with E-state index in [0.29, 0.717) is 27.7 Å². The summed E-state index contributed by atoms with van der Waals surface area (Å²) in [5, 5.41) is 9.47. The molecule has 1 fully saturated rings. The van der Waals surface area contributed by atoms with Crippen molar-refractivity contribution >= 4 is 11.9 Å². The molecule has 1 aliphatic rings. The predicted octanol–water partition coefficient (Wildman–Crippen LogP) is 6.65. The van der Waals surface area contributed by atoms with Crippen LogP contribution in [0.2, 0.25) is 0 Å². The summed E-state index contributed by atoms with van der Waals surface area (Å²) in [4.78, 5) is 38.1. The van der Waals surface area contributed by atoms with Crippen molar-refractivity contribution in [1.82, 2.24) is 9.13 Å². The number of carboxylic acids is 1. The number of halogens is 3. The summed E-state index contributed by atoms with van der Waals surface area (Å²) in [5.74, 6) is -1.88. The molecule has 1 N–H and O–H groups in total. The van der Waals surface area contributed by atoms with Gasteiger partial charge in [0, 0.05) is 6.42 Å². The predicted molar refractivity (Wildman–Crippen MR) is 137 cm³/mol. The van der Waals surface area contributed by atoms with Gasteiger partial charge in [0.25, 0.3) is 0 Å². The molecule has 1 heterocycles. The highest BCUT2D eigenvalue weighted by Gasteiger charge is 2.42. The van der Waals surface area contributed by atoms with Gasteiger partial charge in [-0.05, 0) is 47.9 Å². The lowest BCUT2D eigenvalue weighted by molar-refractivity contribution is -0.143. The largest absolute Gasteiger partial charge is 0.478 e. The van der Waals surface area contributed by atoms with Crippen LogP contribution in [0.15, 0.2) is 53.3 Å². The maximum atomic E-state index is 14.3. The quantitative estimate of drug-likeness (QED) is 0.355. The Morgan fingerprint density at radius 2 is 1.66 bits per heavy atom. The third-order valence-corrected chi connectivity index (χ3v) is 7.20. The summed E-state index contributed by atoms with van der Waals surface area (Å²) in [6.45, 7) is 1.59. The second-order valence-corrected chi connectivity index (χ2v) is 9.90. The van der Waals surface area contributed by atoms with Crippen LogP contribution in [0.25, 0.3) is 11.1 Å². The molecular weight excluding hydrogens is 497 g/mol. The van der Waals surface area contributed by atoms with E-state index in [4.69, 9.17) is 0 Å². The van der Waals surface area contributed by atoms with E-state index in [1.165, 1.54) is 6.07 Å². The first-order valence-electron chi connectivity index (χ1n) is 13.0. The molecule has 0 atom stereocenters. The van der Waals surface area contributed by atoms with Gasteiger partial charge in [0.1, 0.15) is 0 Å². The van der Waals surface area contributed by atoms with Gasteiger partial charge in [-0.2, -0.15) is 13.2 Å². The molecule has 202 valence electrons. The lowest BCUT2D eigenvalue weighted by Crippen LogP contribution is -2.33. The van der Waals surface area contributed by atoms with E-state index in [-0.39, 0.29) is 36.6 Å². The lowest BCUT2D eigenvalue weighted by atomic mass is 9.87. The molecule has 9 heteroatoms. The number of nitrogens with zero attached hydrogens (tertiary/aromatic N) is 2. The standard InChI is InChI=1S/C29H31F3N2O4/c1-2-8-24-26(29(30,31)32)34(25(35)17-19-9-4-3-5-10-19)28(38)33(24)18-20-13-15-21(16-14-20)22-11-6-7-12-23(22)27(36)37/h6-7,11-16,19H,2-5,8-10,17-18H2,1H3,(H,36,37). The Morgan fingerprint density at radius 3 is 2.26 bits per heavy atom. The maximum Gasteiger partial charge on any atom is 0.433 e. The minimum Gasteiger partial charge on any atom is -0.478 e. The summed E-state index contributed by atoms with van der Waals surface area (Å²) in [7, 11) is 0. The molecule has 1 saturated carbocycles. The van der Waals surface area contributed by atoms with Gasteiger partial charge in [0.05, 0.1) is 17.8 Å². The summed E-state index contributed by atoms with van der Waals surface area (Å²) >= 11 is 0. The minimum absolute atomic E-state index is 0.00212. The highest BCUT2D eigenvalue weighted by atomic mass is 19.4. The van der Waals surface area contributed by atoms with Crippen LogP contribution < -0.4 is 5.69 Å². The lowest BCUT2D eigenvalue weighted by Gasteiger charge is -2.21. The van der Waals surface area contributed by atoms with Gasteiger partial charge in [-0.15, -0.1) is 0 Å². The van der Waals surface area contributed by atoms with Crippen LogP contribution in [0.3, 0.4) is 0 Å². The van der Waals surface area contributed by atoms with Gasteiger partial charge >= 0.3 is 17.8 Å². The van der Waals surface area contributed by atoms with Crippen LogP contribution in [-0.2, 0) is 19.1 Å². The zero-order valence-electron chi connectivity index (χ0n) is 21.3. The Kier molecular flexibility index (Phi) is 8.23. The van der Waals surface area contributed by atoms with Gasteiger partial charge in [-0.3, -0.25) is 9.36 Å². The van der Waals surface area contributed by atoms with E-state index in [0.717, 1.165) is 36.7 Å². The molecule has 0 radical (unpaired) electrons. The molecule has 1 aromatic heterocycles. The number of hydrogen-bond acceptors (Lipinski definition) is 3. The summed E-state index contributed by atoms with van der Waals surface area (Å²) < 4.78 is 44.2. The van der Waals surface area contributed by atoms with E-state index in [9.17, 15) is 32.7 Å². The van der Waals surface area contributed by atoms with Gasteiger partial charge in [-0.1, -0.05) is 75.1 Å². The Morgan fingerprint density at radius 1 is 1.00 bits per heavy atom. The van der Waals surface area contributed by atoms with Crippen LogP contribution in [-0.4, -0.2) is 26.1 Å². The first-order chi connectivity index (χ1) is 18.1. The topological polar surface area (TPSA) is 81.3 Å². The summed E-state index contributed by atoms with van der Waals surface area (Å²) in [6.07, 6.45) is -0.0779. The van der Waals surface area contributed by atoms with Gasteiger partial charge in [-0.25, -0.2) is 14.2 Å². The number of imidazole rings is 1. The van der Waals surface area contributed by atoms with E-state index >= 15 is 0 Å². The fraction of sp³-hybridized carbons (Fsp3) is 0.414. The highest BCUT2D eigenvalue weighted by molar-refractivity contribution is 5.96. The molecule has 0 saturated heterocycles. The van der Waals surface area contributed by atoms with Gasteiger partial charge < -0.3 is 5.11 Å². The molecule has 1 aliphatic carbocycles. The molecule has 0 unspecified atom stereocenters. The fourth-order valence-electron chi connectivity index (χ4n) is 5.39. The average Bonchev–Trinajstić information content (AvgIpc) is 3.17. The first kappa shape index (κ1) is 27.4. The molecule has 38 heavy (non-hydrogen) atoms. The molecule has 0 bridgehead atoms. The van der Waals surface area contributed by atoms with Crippen molar-refractivity contribution in [2.75, 3.05) is 0 Å². The van der Waals surface area contributed by atoms with E-state index < -0.39 is 29.4 Å². The van der Waals surface area contributed by atoms with Crippen LogP contribution in [0, 0.1) is 5.92 Å². The molecule has 4 rings (SSSR count). The zero-order chi connectivity index (χ0) is 27.4. The maximum absolute atomic E-state index is 14.3. The number of rotatable bonds is 8. The smallest absolute Gasteiger partial charge is 0.433 e. The first-order valence-corrected chi connectivity index (χ1v) is 13.0. The Bertz CT molecular complexity index is 1360. The van der Waals surface area contributed by atoms with Crippen LogP contribution in [0.1, 0.15) is 84.0 Å². The molecule has 3 aromatic rings. The third-order valence-electron chi connectivity index (χ3n) is 7.20. The number of alkyl halides is 3. The van der Waals surface area contributed by atoms with E-state index in [2.05, 4.69) is 0 Å². The fourth-order valence-corrected chi connectivity index (χ4v) is 5.39. The Balaban J connectivity index is 1.71. The zero-order valence-corrected chi connectivity index (χ0v) is 21.3. The molecule has 0 amide bonds. The summed E-state index contributed by atoms with van der Waals surface area (Å²) in [6, 6.07) is 13.2. The highest BCUT2D eigenvalue weighted by Crippen LogP contribution is 2.34. The Hall–Kier alpha value is -3.62. The number of carbonyl (C=O) groups is 2. The number of hydrogen-bond donors (Lipinski definition) is 1. The normalized spacial score (nSPS) is 14.5. The minimum atomic E-state index is -4.86. The number of benzene rings is 2. The number of aromatic carboxylic acids is 1. The van der Waals surface area contributed by atoms with Crippen molar-refractivity contribution in [3.05, 3.63) is 81.5 Å². The van der Waals surface area contributed by atoms with E-state index in [1.807, 2.05) is 0 Å². The van der Waals surface area contributed by atoms with Gasteiger partial charge in [0.15, 0.2) is 5.69 Å². The van der Waals surface area contributed by atoms with Crippen molar-refractivity contribution in [1.29, 1.82) is 0 Å². The van der Waals surface area contributed by atoms with Gasteiger partial charge in [0.2, 0.25) is 5.91 Å². The Labute approximate surface area is 218 Å². The number of carbonyl (C=O) groups excluding carboxylic acids is 1. The second-order valence-electron chi connectivity index (χ2n) is 9.90. The monoisotopic (exact) mass is 528 g/mol. The second kappa shape index (κ2) is 11.4. The average molecular weight is 529 g/mol. The van der Waals surface area contributed by atoms with Crippen molar-refractivity contribution in [2.45, 2.75) is 71.0 Å². The van der Waals surface area contributed by atoms with Crippen LogP contribution >= 0.6 is 0 Å². The number of aromatic nitrogens is 2. The molecule has 6 nitrogen and oxygen atoms in total.